The molecule has 0 aromatic carbocycles. The molecule has 1 saturated heterocycles. The second kappa shape index (κ2) is 3.54. The van der Waals surface area contributed by atoms with E-state index in [-0.39, 0.29) is 0 Å². The van der Waals surface area contributed by atoms with Crippen molar-refractivity contribution in [3.05, 3.63) is 0 Å². The van der Waals surface area contributed by atoms with Gasteiger partial charge in [-0.25, -0.2) is 0 Å². The van der Waals surface area contributed by atoms with Crippen molar-refractivity contribution in [2.45, 2.75) is 25.9 Å². The van der Waals surface area contributed by atoms with E-state index in [9.17, 15) is 0 Å². The molecule has 3 heteroatoms. The van der Waals surface area contributed by atoms with Crippen LogP contribution < -0.4 is 10.6 Å². The molecule has 2 heterocycles. The molecule has 0 spiro atoms. The summed E-state index contributed by atoms with van der Waals surface area (Å²) in [6.07, 6.45) is 2.97. The first-order chi connectivity index (χ1) is 5.86. The number of hydrogen-bond acceptors (Lipinski definition) is 3. The molecular weight excluding hydrogens is 150 g/mol. The highest BCUT2D eigenvalue weighted by Gasteiger charge is 2.25. The lowest BCUT2D eigenvalue weighted by Gasteiger charge is -2.26. The summed E-state index contributed by atoms with van der Waals surface area (Å²) in [4.78, 5) is 4.59. The van der Waals surface area contributed by atoms with E-state index in [1.165, 1.54) is 18.6 Å². The van der Waals surface area contributed by atoms with Crippen LogP contribution in [0.3, 0.4) is 0 Å². The largest absolute Gasteiger partial charge is 0.317 e. The van der Waals surface area contributed by atoms with Gasteiger partial charge in [0, 0.05) is 12.3 Å². The summed E-state index contributed by atoms with van der Waals surface area (Å²) < 4.78 is 0. The molecule has 0 amide bonds. The van der Waals surface area contributed by atoms with Crippen LogP contribution in [0.1, 0.15) is 19.8 Å². The highest BCUT2D eigenvalue weighted by atomic mass is 15.1. The maximum absolute atomic E-state index is 4.59. The summed E-state index contributed by atoms with van der Waals surface area (Å²) in [5.41, 5.74) is 1.26. The van der Waals surface area contributed by atoms with Crippen molar-refractivity contribution in [1.29, 1.82) is 0 Å². The molecule has 0 aliphatic carbocycles. The SMILES string of the molecule is CC1=NC(C2CCNCC2)NC1. The van der Waals surface area contributed by atoms with Gasteiger partial charge in [-0.1, -0.05) is 0 Å². The van der Waals surface area contributed by atoms with Crippen molar-refractivity contribution in [2.24, 2.45) is 10.9 Å². The molecule has 1 unspecified atom stereocenters. The minimum atomic E-state index is 0.423. The van der Waals surface area contributed by atoms with Crippen molar-refractivity contribution in [2.75, 3.05) is 19.6 Å². The van der Waals surface area contributed by atoms with Gasteiger partial charge in [0.05, 0.1) is 0 Å². The normalized spacial score (nSPS) is 32.1. The van der Waals surface area contributed by atoms with Crippen molar-refractivity contribution >= 4 is 5.71 Å². The fourth-order valence-electron chi connectivity index (χ4n) is 2.01. The minimum absolute atomic E-state index is 0.423. The van der Waals surface area contributed by atoms with Gasteiger partial charge >= 0.3 is 0 Å². The van der Waals surface area contributed by atoms with Crippen LogP contribution in [0.25, 0.3) is 0 Å². The second-order valence-corrected chi connectivity index (χ2v) is 3.78. The van der Waals surface area contributed by atoms with Crippen molar-refractivity contribution in [3.8, 4) is 0 Å². The third kappa shape index (κ3) is 1.67. The van der Waals surface area contributed by atoms with Gasteiger partial charge in [0.25, 0.3) is 0 Å². The molecule has 0 radical (unpaired) electrons. The molecule has 2 N–H and O–H groups in total. The summed E-state index contributed by atoms with van der Waals surface area (Å²) >= 11 is 0. The molecule has 0 aromatic heterocycles. The number of nitrogens with zero attached hydrogens (tertiary/aromatic N) is 1. The zero-order valence-corrected chi connectivity index (χ0v) is 7.64. The quantitative estimate of drug-likeness (QED) is 0.592. The van der Waals surface area contributed by atoms with Crippen LogP contribution in [0.5, 0.6) is 0 Å². The second-order valence-electron chi connectivity index (χ2n) is 3.78. The fraction of sp³-hybridized carbons (Fsp3) is 0.889. The molecule has 0 aromatic rings. The fourth-order valence-corrected chi connectivity index (χ4v) is 2.01. The van der Waals surface area contributed by atoms with E-state index in [2.05, 4.69) is 22.5 Å². The summed E-state index contributed by atoms with van der Waals surface area (Å²) in [5, 5.41) is 6.82. The van der Waals surface area contributed by atoms with Crippen LogP contribution >= 0.6 is 0 Å². The van der Waals surface area contributed by atoms with Gasteiger partial charge in [-0.15, -0.1) is 0 Å². The molecule has 2 rings (SSSR count). The number of rotatable bonds is 1. The van der Waals surface area contributed by atoms with E-state index in [4.69, 9.17) is 0 Å². The predicted molar refractivity (Wildman–Crippen MR) is 50.5 cm³/mol. The third-order valence-corrected chi connectivity index (χ3v) is 2.76. The first kappa shape index (κ1) is 8.20. The lowest BCUT2D eigenvalue weighted by molar-refractivity contribution is 0.301. The summed E-state index contributed by atoms with van der Waals surface area (Å²) in [7, 11) is 0. The Hall–Kier alpha value is -0.410. The average Bonchev–Trinajstić information content (AvgIpc) is 2.54. The minimum Gasteiger partial charge on any atom is -0.317 e. The number of piperidine rings is 1. The van der Waals surface area contributed by atoms with Crippen LogP contribution in [0.4, 0.5) is 0 Å². The molecule has 3 nitrogen and oxygen atoms in total. The van der Waals surface area contributed by atoms with Gasteiger partial charge in [-0.3, -0.25) is 10.3 Å². The lowest BCUT2D eigenvalue weighted by Crippen LogP contribution is -2.38. The Bertz CT molecular complexity index is 182. The number of hydrogen-bond donors (Lipinski definition) is 2. The van der Waals surface area contributed by atoms with Gasteiger partial charge in [-0.05, 0) is 38.8 Å². The van der Waals surface area contributed by atoms with Crippen LogP contribution in [0, 0.1) is 5.92 Å². The maximum Gasteiger partial charge on any atom is 0.103 e. The van der Waals surface area contributed by atoms with Crippen LogP contribution in [-0.4, -0.2) is 31.5 Å². The first-order valence-corrected chi connectivity index (χ1v) is 4.83. The monoisotopic (exact) mass is 167 g/mol. The molecule has 0 bridgehead atoms. The lowest BCUT2D eigenvalue weighted by atomic mass is 9.95. The maximum atomic E-state index is 4.59. The van der Waals surface area contributed by atoms with E-state index < -0.39 is 0 Å². The van der Waals surface area contributed by atoms with Crippen LogP contribution in [0.2, 0.25) is 0 Å². The average molecular weight is 167 g/mol. The van der Waals surface area contributed by atoms with E-state index in [0.717, 1.165) is 25.6 Å². The Morgan fingerprint density at radius 3 is 2.67 bits per heavy atom. The van der Waals surface area contributed by atoms with Gasteiger partial charge < -0.3 is 5.32 Å². The standard InChI is InChI=1S/C9H17N3/c1-7-6-11-9(12-7)8-2-4-10-5-3-8/h8-11H,2-6H2,1H3. The van der Waals surface area contributed by atoms with E-state index in [1.807, 2.05) is 0 Å². The Morgan fingerprint density at radius 1 is 1.33 bits per heavy atom. The Kier molecular flexibility index (Phi) is 2.42. The van der Waals surface area contributed by atoms with Crippen LogP contribution in [-0.2, 0) is 0 Å². The van der Waals surface area contributed by atoms with Gasteiger partial charge in [0.1, 0.15) is 6.17 Å². The van der Waals surface area contributed by atoms with E-state index >= 15 is 0 Å². The van der Waals surface area contributed by atoms with Crippen molar-refractivity contribution in [1.82, 2.24) is 10.6 Å². The van der Waals surface area contributed by atoms with E-state index in [1.54, 1.807) is 0 Å². The first-order valence-electron chi connectivity index (χ1n) is 4.83. The molecule has 0 saturated carbocycles. The Labute approximate surface area is 73.6 Å². The zero-order chi connectivity index (χ0) is 8.39. The highest BCUT2D eigenvalue weighted by molar-refractivity contribution is 5.85. The summed E-state index contributed by atoms with van der Waals surface area (Å²) in [6.45, 7) is 5.43. The molecule has 12 heavy (non-hydrogen) atoms. The van der Waals surface area contributed by atoms with Crippen molar-refractivity contribution in [3.63, 3.8) is 0 Å². The highest BCUT2D eigenvalue weighted by Crippen LogP contribution is 2.19. The number of aliphatic imine (C=N–C) groups is 1. The van der Waals surface area contributed by atoms with Gasteiger partial charge in [0.2, 0.25) is 0 Å². The molecule has 1 atom stereocenters. The molecule has 68 valence electrons. The molecular formula is C9H17N3. The van der Waals surface area contributed by atoms with Gasteiger partial charge in [-0.2, -0.15) is 0 Å². The molecule has 2 aliphatic rings. The van der Waals surface area contributed by atoms with E-state index in [0.29, 0.717) is 6.17 Å². The topological polar surface area (TPSA) is 36.4 Å². The summed E-state index contributed by atoms with van der Waals surface area (Å²) in [6, 6.07) is 0. The Balaban J connectivity index is 1.91. The summed E-state index contributed by atoms with van der Waals surface area (Å²) in [5.74, 6) is 0.767. The van der Waals surface area contributed by atoms with Crippen molar-refractivity contribution < 1.29 is 0 Å². The van der Waals surface area contributed by atoms with Crippen LogP contribution in [0.15, 0.2) is 4.99 Å². The molecule has 1 fully saturated rings. The zero-order valence-electron chi connectivity index (χ0n) is 7.64. The smallest absolute Gasteiger partial charge is 0.103 e. The molecule has 2 aliphatic heterocycles. The predicted octanol–water partition coefficient (Wildman–Crippen LogP) is 0.376. The number of nitrogens with one attached hydrogen (secondary N) is 2. The Morgan fingerprint density at radius 2 is 2.08 bits per heavy atom. The third-order valence-electron chi connectivity index (χ3n) is 2.76. The van der Waals surface area contributed by atoms with Gasteiger partial charge in [0.15, 0.2) is 0 Å².